The second kappa shape index (κ2) is 3.10. The number of hydrogen-bond acceptors (Lipinski definition) is 3. The van der Waals surface area contributed by atoms with Gasteiger partial charge in [-0.05, 0) is 32.6 Å². The third kappa shape index (κ3) is 1.88. The van der Waals surface area contributed by atoms with Gasteiger partial charge in [-0.15, -0.1) is 0 Å². The van der Waals surface area contributed by atoms with Crippen LogP contribution in [0.25, 0.3) is 0 Å². The highest BCUT2D eigenvalue weighted by atomic mass is 16.3. The minimum atomic E-state index is -0.236. The molecule has 0 saturated heterocycles. The normalized spacial score (nSPS) is 19.0. The average molecular weight is 181 g/mol. The van der Waals surface area contributed by atoms with Gasteiger partial charge < -0.3 is 5.11 Å². The summed E-state index contributed by atoms with van der Waals surface area (Å²) >= 11 is 0. The molecule has 1 saturated carbocycles. The fourth-order valence-electron chi connectivity index (χ4n) is 1.54. The first kappa shape index (κ1) is 8.69. The summed E-state index contributed by atoms with van der Waals surface area (Å²) < 4.78 is 1.79. The maximum absolute atomic E-state index is 9.69. The van der Waals surface area contributed by atoms with E-state index in [0.717, 1.165) is 24.5 Å². The zero-order valence-corrected chi connectivity index (χ0v) is 8.06. The molecular weight excluding hydrogens is 166 g/mol. The lowest BCUT2D eigenvalue weighted by molar-refractivity contribution is 0.126. The first-order chi connectivity index (χ1) is 6.16. The Bertz CT molecular complexity index is 304. The van der Waals surface area contributed by atoms with E-state index >= 15 is 0 Å². The van der Waals surface area contributed by atoms with Crippen molar-refractivity contribution in [3.8, 4) is 0 Å². The number of aryl methyl sites for hydroxylation is 2. The van der Waals surface area contributed by atoms with Crippen molar-refractivity contribution in [3.05, 3.63) is 11.6 Å². The molecule has 2 rings (SSSR count). The SMILES string of the molecule is Cc1nc(C)n(CC(O)C2CC2)n1. The van der Waals surface area contributed by atoms with Crippen LogP contribution in [0.5, 0.6) is 0 Å². The van der Waals surface area contributed by atoms with Crippen LogP contribution in [0.3, 0.4) is 0 Å². The Balaban J connectivity index is 2.03. The topological polar surface area (TPSA) is 50.9 Å². The number of hydrogen-bond donors (Lipinski definition) is 1. The van der Waals surface area contributed by atoms with Gasteiger partial charge in [0.2, 0.25) is 0 Å². The van der Waals surface area contributed by atoms with Gasteiger partial charge in [0.25, 0.3) is 0 Å². The number of aromatic nitrogens is 3. The predicted octanol–water partition coefficient (Wildman–Crippen LogP) is 0.666. The van der Waals surface area contributed by atoms with Crippen molar-refractivity contribution in [1.82, 2.24) is 14.8 Å². The summed E-state index contributed by atoms with van der Waals surface area (Å²) in [7, 11) is 0. The Labute approximate surface area is 77.6 Å². The maximum atomic E-state index is 9.69. The minimum Gasteiger partial charge on any atom is -0.391 e. The van der Waals surface area contributed by atoms with Gasteiger partial charge in [-0.2, -0.15) is 5.10 Å². The van der Waals surface area contributed by atoms with Crippen molar-refractivity contribution in [2.45, 2.75) is 39.3 Å². The second-order valence-corrected chi connectivity index (χ2v) is 3.79. The quantitative estimate of drug-likeness (QED) is 0.745. The first-order valence-electron chi connectivity index (χ1n) is 4.73. The standard InChI is InChI=1S/C9H15N3O/c1-6-10-7(2)12(11-6)5-9(13)8-3-4-8/h8-9,13H,3-5H2,1-2H3. The van der Waals surface area contributed by atoms with Crippen molar-refractivity contribution >= 4 is 0 Å². The van der Waals surface area contributed by atoms with Gasteiger partial charge in [-0.1, -0.05) is 0 Å². The second-order valence-electron chi connectivity index (χ2n) is 3.79. The summed E-state index contributed by atoms with van der Waals surface area (Å²) in [4.78, 5) is 4.18. The van der Waals surface area contributed by atoms with Gasteiger partial charge in [0.15, 0.2) is 0 Å². The molecule has 13 heavy (non-hydrogen) atoms. The van der Waals surface area contributed by atoms with E-state index in [1.807, 2.05) is 13.8 Å². The summed E-state index contributed by atoms with van der Waals surface area (Å²) in [6.07, 6.45) is 2.08. The first-order valence-corrected chi connectivity index (χ1v) is 4.73. The highest BCUT2D eigenvalue weighted by Gasteiger charge is 2.30. The van der Waals surface area contributed by atoms with E-state index in [0.29, 0.717) is 12.5 Å². The van der Waals surface area contributed by atoms with E-state index in [-0.39, 0.29) is 6.10 Å². The molecule has 1 heterocycles. The molecule has 1 N–H and O–H groups in total. The number of rotatable bonds is 3. The molecule has 0 spiro atoms. The largest absolute Gasteiger partial charge is 0.391 e. The molecular formula is C9H15N3O. The molecule has 1 aliphatic rings. The zero-order chi connectivity index (χ0) is 9.42. The Morgan fingerprint density at radius 1 is 1.54 bits per heavy atom. The molecule has 1 aliphatic carbocycles. The third-order valence-corrected chi connectivity index (χ3v) is 2.49. The van der Waals surface area contributed by atoms with Crippen LogP contribution in [-0.4, -0.2) is 26.0 Å². The Morgan fingerprint density at radius 3 is 2.69 bits per heavy atom. The molecule has 1 aromatic rings. The molecule has 0 bridgehead atoms. The van der Waals surface area contributed by atoms with Crippen molar-refractivity contribution in [1.29, 1.82) is 0 Å². The van der Waals surface area contributed by atoms with Gasteiger partial charge in [-0.3, -0.25) is 0 Å². The third-order valence-electron chi connectivity index (χ3n) is 2.49. The van der Waals surface area contributed by atoms with Gasteiger partial charge in [0.05, 0.1) is 12.6 Å². The van der Waals surface area contributed by atoms with Gasteiger partial charge in [0, 0.05) is 0 Å². The molecule has 0 amide bonds. The molecule has 72 valence electrons. The molecule has 1 atom stereocenters. The summed E-state index contributed by atoms with van der Waals surface area (Å²) in [6, 6.07) is 0. The van der Waals surface area contributed by atoms with E-state index in [9.17, 15) is 5.11 Å². The highest BCUT2D eigenvalue weighted by Crippen LogP contribution is 2.33. The summed E-state index contributed by atoms with van der Waals surface area (Å²) in [5.41, 5.74) is 0. The zero-order valence-electron chi connectivity index (χ0n) is 8.06. The smallest absolute Gasteiger partial charge is 0.147 e. The van der Waals surface area contributed by atoms with Gasteiger partial charge in [0.1, 0.15) is 11.6 Å². The molecule has 0 aromatic carbocycles. The van der Waals surface area contributed by atoms with Gasteiger partial charge in [-0.25, -0.2) is 9.67 Å². The van der Waals surface area contributed by atoms with Crippen molar-refractivity contribution in [2.75, 3.05) is 0 Å². The number of nitrogens with zero attached hydrogens (tertiary/aromatic N) is 3. The molecule has 4 heteroatoms. The minimum absolute atomic E-state index is 0.236. The van der Waals surface area contributed by atoms with Gasteiger partial charge >= 0.3 is 0 Å². The Kier molecular flexibility index (Phi) is 2.07. The predicted molar refractivity (Wildman–Crippen MR) is 48.2 cm³/mol. The highest BCUT2D eigenvalue weighted by molar-refractivity contribution is 4.89. The fourth-order valence-corrected chi connectivity index (χ4v) is 1.54. The molecule has 1 fully saturated rings. The summed E-state index contributed by atoms with van der Waals surface area (Å²) in [6.45, 7) is 4.38. The Hall–Kier alpha value is -0.900. The van der Waals surface area contributed by atoms with Crippen molar-refractivity contribution in [2.24, 2.45) is 5.92 Å². The maximum Gasteiger partial charge on any atom is 0.147 e. The van der Waals surface area contributed by atoms with Crippen LogP contribution >= 0.6 is 0 Å². The van der Waals surface area contributed by atoms with E-state index in [1.54, 1.807) is 4.68 Å². The lowest BCUT2D eigenvalue weighted by Gasteiger charge is -2.09. The molecule has 0 radical (unpaired) electrons. The number of aliphatic hydroxyl groups is 1. The van der Waals surface area contributed by atoms with Crippen molar-refractivity contribution < 1.29 is 5.11 Å². The molecule has 1 unspecified atom stereocenters. The molecule has 4 nitrogen and oxygen atoms in total. The number of aliphatic hydroxyl groups excluding tert-OH is 1. The summed E-state index contributed by atoms with van der Waals surface area (Å²) in [5.74, 6) is 2.17. The van der Waals surface area contributed by atoms with Crippen molar-refractivity contribution in [3.63, 3.8) is 0 Å². The van der Waals surface area contributed by atoms with E-state index < -0.39 is 0 Å². The monoisotopic (exact) mass is 181 g/mol. The average Bonchev–Trinajstić information content (AvgIpc) is 2.81. The van der Waals surface area contributed by atoms with Crippen LogP contribution in [0.15, 0.2) is 0 Å². The van der Waals surface area contributed by atoms with Crippen LogP contribution in [0.4, 0.5) is 0 Å². The van der Waals surface area contributed by atoms with Crippen LogP contribution < -0.4 is 0 Å². The van der Waals surface area contributed by atoms with E-state index in [2.05, 4.69) is 10.1 Å². The van der Waals surface area contributed by atoms with Crippen LogP contribution in [0, 0.1) is 19.8 Å². The van der Waals surface area contributed by atoms with E-state index in [4.69, 9.17) is 0 Å². The molecule has 0 aliphatic heterocycles. The summed E-state index contributed by atoms with van der Waals surface area (Å²) in [5, 5.41) is 13.9. The Morgan fingerprint density at radius 2 is 2.23 bits per heavy atom. The lowest BCUT2D eigenvalue weighted by Crippen LogP contribution is -2.19. The van der Waals surface area contributed by atoms with Crippen LogP contribution in [-0.2, 0) is 6.54 Å². The van der Waals surface area contributed by atoms with Crippen LogP contribution in [0.2, 0.25) is 0 Å². The van der Waals surface area contributed by atoms with Crippen LogP contribution in [0.1, 0.15) is 24.5 Å². The fraction of sp³-hybridized carbons (Fsp3) is 0.778. The molecule has 1 aromatic heterocycles. The lowest BCUT2D eigenvalue weighted by atomic mass is 10.2. The van der Waals surface area contributed by atoms with E-state index in [1.165, 1.54) is 0 Å².